The zero-order chi connectivity index (χ0) is 11.1. The highest BCUT2D eigenvalue weighted by Crippen LogP contribution is 2.15. The molecule has 0 aliphatic carbocycles. The summed E-state index contributed by atoms with van der Waals surface area (Å²) in [7, 11) is 0. The van der Waals surface area contributed by atoms with Gasteiger partial charge in [-0.2, -0.15) is 28.5 Å². The van der Waals surface area contributed by atoms with Crippen LogP contribution in [0.5, 0.6) is 0 Å². The van der Waals surface area contributed by atoms with Crippen LogP contribution in [0.15, 0.2) is 4.52 Å². The second-order valence-corrected chi connectivity index (χ2v) is 5.33. The Labute approximate surface area is 98.8 Å². The lowest BCUT2D eigenvalue weighted by Gasteiger charge is -2.03. The predicted molar refractivity (Wildman–Crippen MR) is 66.1 cm³/mol. The van der Waals surface area contributed by atoms with Gasteiger partial charge in [0.05, 0.1) is 11.8 Å². The largest absolute Gasteiger partial charge is 0.338 e. The molecule has 0 aromatic carbocycles. The van der Waals surface area contributed by atoms with Crippen LogP contribution in [-0.2, 0) is 5.75 Å². The number of rotatable bonds is 7. The number of hydrogen-bond acceptors (Lipinski definition) is 6. The summed E-state index contributed by atoms with van der Waals surface area (Å²) in [6.45, 7) is 2.11. The van der Waals surface area contributed by atoms with E-state index in [1.807, 2.05) is 0 Å². The van der Waals surface area contributed by atoms with Crippen LogP contribution in [-0.4, -0.2) is 27.9 Å². The third-order valence-electron chi connectivity index (χ3n) is 1.87. The highest BCUT2D eigenvalue weighted by atomic mass is 32.2. The normalized spacial score (nSPS) is 13.0. The summed E-state index contributed by atoms with van der Waals surface area (Å²) in [5, 5.41) is 3.89. The zero-order valence-corrected chi connectivity index (χ0v) is 10.7. The van der Waals surface area contributed by atoms with Gasteiger partial charge in [0.25, 0.3) is 0 Å². The lowest BCUT2D eigenvalue weighted by atomic mass is 10.2. The first-order valence-corrected chi connectivity index (χ1v) is 7.47. The molecular formula is C9H17N3OS2. The van der Waals surface area contributed by atoms with Crippen LogP contribution in [0.2, 0.25) is 0 Å². The van der Waals surface area contributed by atoms with Crippen LogP contribution in [0.4, 0.5) is 0 Å². The Morgan fingerprint density at radius 1 is 1.53 bits per heavy atom. The summed E-state index contributed by atoms with van der Waals surface area (Å²) in [6.07, 6.45) is 2.94. The third-order valence-corrected chi connectivity index (χ3v) is 3.38. The Balaban J connectivity index is 2.43. The van der Waals surface area contributed by atoms with Gasteiger partial charge < -0.3 is 10.3 Å². The Morgan fingerprint density at radius 3 is 3.00 bits per heavy atom. The van der Waals surface area contributed by atoms with Crippen LogP contribution < -0.4 is 5.73 Å². The van der Waals surface area contributed by atoms with Crippen molar-refractivity contribution in [2.45, 2.75) is 25.1 Å². The molecule has 0 saturated heterocycles. The van der Waals surface area contributed by atoms with Gasteiger partial charge in [-0.25, -0.2) is 0 Å². The molecule has 2 N–H and O–H groups in total. The van der Waals surface area contributed by atoms with Crippen molar-refractivity contribution >= 4 is 23.5 Å². The molecule has 0 saturated carbocycles. The SMILES string of the molecule is CCSCc1noc(C(N)CCSC)n1. The third kappa shape index (κ3) is 4.44. The van der Waals surface area contributed by atoms with E-state index in [9.17, 15) is 0 Å². The minimum absolute atomic E-state index is 0.120. The van der Waals surface area contributed by atoms with Gasteiger partial charge in [0.1, 0.15) is 0 Å². The molecule has 86 valence electrons. The summed E-state index contributed by atoms with van der Waals surface area (Å²) in [6, 6.07) is -0.120. The molecular weight excluding hydrogens is 230 g/mol. The molecule has 0 spiro atoms. The second-order valence-electron chi connectivity index (χ2n) is 3.07. The topological polar surface area (TPSA) is 64.9 Å². The van der Waals surface area contributed by atoms with Crippen molar-refractivity contribution in [3.05, 3.63) is 11.7 Å². The average molecular weight is 247 g/mol. The van der Waals surface area contributed by atoms with Crippen molar-refractivity contribution in [1.82, 2.24) is 10.1 Å². The first-order chi connectivity index (χ1) is 7.27. The summed E-state index contributed by atoms with van der Waals surface area (Å²) < 4.78 is 5.11. The van der Waals surface area contributed by atoms with Crippen molar-refractivity contribution in [3.63, 3.8) is 0 Å². The molecule has 0 aliphatic heterocycles. The average Bonchev–Trinajstić information content (AvgIpc) is 2.71. The van der Waals surface area contributed by atoms with Gasteiger partial charge in [0.15, 0.2) is 5.82 Å². The summed E-state index contributed by atoms with van der Waals surface area (Å²) in [5.74, 6) is 4.19. The maximum atomic E-state index is 5.91. The lowest BCUT2D eigenvalue weighted by molar-refractivity contribution is 0.350. The van der Waals surface area contributed by atoms with E-state index < -0.39 is 0 Å². The minimum Gasteiger partial charge on any atom is -0.338 e. The van der Waals surface area contributed by atoms with E-state index in [1.54, 1.807) is 23.5 Å². The number of nitrogens with two attached hydrogens (primary N) is 1. The second kappa shape index (κ2) is 7.14. The summed E-state index contributed by atoms with van der Waals surface area (Å²) in [5.41, 5.74) is 5.91. The zero-order valence-electron chi connectivity index (χ0n) is 9.10. The standard InChI is InChI=1S/C9H17N3OS2/c1-3-15-6-8-11-9(13-12-8)7(10)4-5-14-2/h7H,3-6,10H2,1-2H3. The number of thioether (sulfide) groups is 2. The monoisotopic (exact) mass is 247 g/mol. The highest BCUT2D eigenvalue weighted by Gasteiger charge is 2.13. The van der Waals surface area contributed by atoms with E-state index >= 15 is 0 Å². The fourth-order valence-corrected chi connectivity index (χ4v) is 2.03. The van der Waals surface area contributed by atoms with Gasteiger partial charge in [0, 0.05) is 0 Å². The molecule has 1 unspecified atom stereocenters. The summed E-state index contributed by atoms with van der Waals surface area (Å²) in [4.78, 5) is 4.27. The van der Waals surface area contributed by atoms with Gasteiger partial charge in [-0.3, -0.25) is 0 Å². The van der Waals surface area contributed by atoms with Crippen LogP contribution in [0.3, 0.4) is 0 Å². The number of nitrogens with zero attached hydrogens (tertiary/aromatic N) is 2. The van der Waals surface area contributed by atoms with Gasteiger partial charge in [-0.15, -0.1) is 0 Å². The van der Waals surface area contributed by atoms with Gasteiger partial charge in [0.2, 0.25) is 5.89 Å². The Bertz CT molecular complexity index is 280. The fourth-order valence-electron chi connectivity index (χ4n) is 1.04. The van der Waals surface area contributed by atoms with Crippen LogP contribution in [0.1, 0.15) is 31.1 Å². The van der Waals surface area contributed by atoms with Gasteiger partial charge in [-0.1, -0.05) is 12.1 Å². The van der Waals surface area contributed by atoms with E-state index in [4.69, 9.17) is 10.3 Å². The molecule has 0 bridgehead atoms. The quantitative estimate of drug-likeness (QED) is 0.796. The van der Waals surface area contributed by atoms with Gasteiger partial charge in [-0.05, 0) is 24.2 Å². The van der Waals surface area contributed by atoms with Crippen LogP contribution in [0, 0.1) is 0 Å². The number of aromatic nitrogens is 2. The number of hydrogen-bond donors (Lipinski definition) is 1. The predicted octanol–water partition coefficient (Wildman–Crippen LogP) is 2.08. The van der Waals surface area contributed by atoms with E-state index in [2.05, 4.69) is 23.3 Å². The summed E-state index contributed by atoms with van der Waals surface area (Å²) >= 11 is 3.55. The van der Waals surface area contributed by atoms with Crippen molar-refractivity contribution in [2.24, 2.45) is 5.73 Å². The molecule has 0 amide bonds. The molecule has 6 heteroatoms. The highest BCUT2D eigenvalue weighted by molar-refractivity contribution is 7.98. The van der Waals surface area contributed by atoms with Crippen LogP contribution in [0.25, 0.3) is 0 Å². The van der Waals surface area contributed by atoms with Crippen molar-refractivity contribution in [3.8, 4) is 0 Å². The molecule has 1 rings (SSSR count). The first-order valence-electron chi connectivity index (χ1n) is 4.92. The molecule has 1 heterocycles. The smallest absolute Gasteiger partial charge is 0.243 e. The van der Waals surface area contributed by atoms with Crippen molar-refractivity contribution in [1.29, 1.82) is 0 Å². The fraction of sp³-hybridized carbons (Fsp3) is 0.778. The van der Waals surface area contributed by atoms with Crippen molar-refractivity contribution in [2.75, 3.05) is 17.8 Å². The van der Waals surface area contributed by atoms with E-state index in [1.165, 1.54) is 0 Å². The van der Waals surface area contributed by atoms with E-state index in [0.29, 0.717) is 5.89 Å². The molecule has 15 heavy (non-hydrogen) atoms. The maximum absolute atomic E-state index is 5.91. The Hall–Kier alpha value is -0.200. The maximum Gasteiger partial charge on any atom is 0.243 e. The van der Waals surface area contributed by atoms with Crippen molar-refractivity contribution < 1.29 is 4.52 Å². The van der Waals surface area contributed by atoms with E-state index in [0.717, 1.165) is 29.5 Å². The molecule has 0 aliphatic rings. The molecule has 1 aromatic rings. The lowest BCUT2D eigenvalue weighted by Crippen LogP contribution is -2.11. The van der Waals surface area contributed by atoms with Gasteiger partial charge >= 0.3 is 0 Å². The molecule has 1 atom stereocenters. The molecule has 1 aromatic heterocycles. The molecule has 0 radical (unpaired) electrons. The van der Waals surface area contributed by atoms with E-state index in [-0.39, 0.29) is 6.04 Å². The Morgan fingerprint density at radius 2 is 2.33 bits per heavy atom. The first kappa shape index (κ1) is 12.9. The van der Waals surface area contributed by atoms with Crippen LogP contribution >= 0.6 is 23.5 Å². The molecule has 0 fully saturated rings. The Kier molecular flexibility index (Phi) is 6.12. The molecule has 4 nitrogen and oxygen atoms in total. The minimum atomic E-state index is -0.120.